The maximum atomic E-state index is 15.0. The number of nitrogens with one attached hydrogen (secondary N) is 3. The van der Waals surface area contributed by atoms with Crippen LogP contribution in [0.25, 0.3) is 11.3 Å². The van der Waals surface area contributed by atoms with E-state index in [4.69, 9.17) is 14.1 Å². The van der Waals surface area contributed by atoms with Gasteiger partial charge in [0.15, 0.2) is 8.32 Å². The Kier molecular flexibility index (Phi) is 8.55. The summed E-state index contributed by atoms with van der Waals surface area (Å²) >= 11 is 0. The van der Waals surface area contributed by atoms with Crippen molar-refractivity contribution in [2.24, 2.45) is 5.92 Å². The van der Waals surface area contributed by atoms with Gasteiger partial charge in [-0.2, -0.15) is 5.26 Å². The molecular formula is C33H41FN6O3Si. The summed E-state index contributed by atoms with van der Waals surface area (Å²) in [6.07, 6.45) is 1.62. The summed E-state index contributed by atoms with van der Waals surface area (Å²) in [4.78, 5) is 21.6. The highest BCUT2D eigenvalue weighted by molar-refractivity contribution is 6.74. The second-order valence-electron chi connectivity index (χ2n) is 13.7. The van der Waals surface area contributed by atoms with E-state index in [1.54, 1.807) is 19.2 Å². The molecule has 9 nitrogen and oxygen atoms in total. The van der Waals surface area contributed by atoms with Crippen molar-refractivity contribution in [1.29, 1.82) is 5.26 Å². The molecule has 2 aliphatic rings. The number of ether oxygens (including phenoxy) is 1. The monoisotopic (exact) mass is 616 g/mol. The number of fused-ring (bicyclic) bond motifs is 1. The van der Waals surface area contributed by atoms with Crippen molar-refractivity contribution in [3.05, 3.63) is 64.6 Å². The summed E-state index contributed by atoms with van der Waals surface area (Å²) in [6, 6.07) is 10.8. The molecule has 5 rings (SSSR count). The second-order valence-corrected chi connectivity index (χ2v) is 18.5. The van der Waals surface area contributed by atoms with Crippen LogP contribution in [0.4, 0.5) is 21.7 Å². The van der Waals surface area contributed by atoms with E-state index >= 15 is 4.39 Å². The summed E-state index contributed by atoms with van der Waals surface area (Å²) < 4.78 is 26.8. The molecule has 1 atom stereocenters. The van der Waals surface area contributed by atoms with Gasteiger partial charge in [0, 0.05) is 48.5 Å². The minimum absolute atomic E-state index is 0.0145. The molecule has 0 bridgehead atoms. The van der Waals surface area contributed by atoms with Gasteiger partial charge in [-0.3, -0.25) is 4.79 Å². The Morgan fingerprint density at radius 2 is 2.02 bits per heavy atom. The maximum Gasteiger partial charge on any atom is 0.254 e. The number of hydrogen-bond donors (Lipinski definition) is 3. The molecule has 1 saturated heterocycles. The molecule has 44 heavy (non-hydrogen) atoms. The Morgan fingerprint density at radius 3 is 2.68 bits per heavy atom. The van der Waals surface area contributed by atoms with Crippen LogP contribution in [0.5, 0.6) is 0 Å². The molecule has 0 unspecified atom stereocenters. The van der Waals surface area contributed by atoms with Gasteiger partial charge < -0.3 is 25.1 Å². The average Bonchev–Trinajstić information content (AvgIpc) is 3.28. The number of carbonyl (C=O) groups is 1. The van der Waals surface area contributed by atoms with Gasteiger partial charge in [0.25, 0.3) is 5.91 Å². The van der Waals surface area contributed by atoms with Gasteiger partial charge in [-0.1, -0.05) is 27.7 Å². The van der Waals surface area contributed by atoms with Crippen LogP contribution < -0.4 is 16.0 Å². The van der Waals surface area contributed by atoms with Gasteiger partial charge >= 0.3 is 0 Å². The van der Waals surface area contributed by atoms with Gasteiger partial charge in [-0.25, -0.2) is 14.4 Å². The van der Waals surface area contributed by atoms with Crippen LogP contribution in [-0.4, -0.2) is 57.1 Å². The Labute approximate surface area is 259 Å². The Bertz CT molecular complexity index is 1630. The number of amides is 1. The van der Waals surface area contributed by atoms with Crippen molar-refractivity contribution < 1.29 is 18.3 Å². The predicted molar refractivity (Wildman–Crippen MR) is 172 cm³/mol. The molecule has 0 spiro atoms. The lowest BCUT2D eigenvalue weighted by molar-refractivity contribution is -0.0298. The second kappa shape index (κ2) is 11.9. The van der Waals surface area contributed by atoms with Crippen molar-refractivity contribution >= 4 is 31.5 Å². The largest absolute Gasteiger partial charge is 0.416 e. The van der Waals surface area contributed by atoms with Crippen molar-refractivity contribution in [1.82, 2.24) is 15.3 Å². The van der Waals surface area contributed by atoms with E-state index in [9.17, 15) is 10.1 Å². The normalized spacial score (nSPS) is 18.2. The fraction of sp³-hybridized carbons (Fsp3) is 0.455. The van der Waals surface area contributed by atoms with Gasteiger partial charge in [-0.05, 0) is 66.5 Å². The van der Waals surface area contributed by atoms with Crippen LogP contribution >= 0.6 is 0 Å². The Morgan fingerprint density at radius 1 is 1.27 bits per heavy atom. The highest BCUT2D eigenvalue weighted by atomic mass is 28.4. The fourth-order valence-corrected chi connectivity index (χ4v) is 6.15. The zero-order chi connectivity index (χ0) is 31.9. The number of benzene rings is 2. The predicted octanol–water partition coefficient (Wildman–Crippen LogP) is 6.29. The first-order valence-corrected chi connectivity index (χ1v) is 17.8. The van der Waals surface area contributed by atoms with E-state index in [2.05, 4.69) is 73.9 Å². The van der Waals surface area contributed by atoms with Crippen LogP contribution in [0.2, 0.25) is 18.1 Å². The lowest BCUT2D eigenvalue weighted by atomic mass is 9.83. The third-order valence-electron chi connectivity index (χ3n) is 9.14. The number of nitrogens with zero attached hydrogens (tertiary/aromatic N) is 3. The molecule has 2 aromatic carbocycles. The quantitative estimate of drug-likeness (QED) is 0.240. The maximum absolute atomic E-state index is 15.0. The Balaban J connectivity index is 1.38. The van der Waals surface area contributed by atoms with Crippen LogP contribution in [-0.2, 0) is 14.6 Å². The molecule has 1 fully saturated rings. The van der Waals surface area contributed by atoms with Crippen LogP contribution in [0, 0.1) is 30.0 Å². The topological polar surface area (TPSA) is 121 Å². The molecule has 1 aromatic heterocycles. The Hall–Kier alpha value is -3.85. The van der Waals surface area contributed by atoms with Gasteiger partial charge in [0.05, 0.1) is 35.7 Å². The molecule has 2 aliphatic heterocycles. The summed E-state index contributed by atoms with van der Waals surface area (Å²) in [5.74, 6) is -0.554. The molecule has 11 heteroatoms. The van der Waals surface area contributed by atoms with E-state index in [1.807, 2.05) is 6.07 Å². The number of aryl methyl sites for hydroxylation is 1. The van der Waals surface area contributed by atoms with Gasteiger partial charge in [-0.15, -0.1) is 0 Å². The number of hydrogen-bond acceptors (Lipinski definition) is 8. The van der Waals surface area contributed by atoms with Gasteiger partial charge in [0.2, 0.25) is 5.95 Å². The summed E-state index contributed by atoms with van der Waals surface area (Å²) in [6.45, 7) is 18.0. The molecule has 0 radical (unpaired) electrons. The molecule has 1 amide bonds. The van der Waals surface area contributed by atoms with E-state index in [0.717, 1.165) is 16.8 Å². The van der Waals surface area contributed by atoms with Crippen LogP contribution in [0.3, 0.4) is 0 Å². The number of nitriles is 1. The van der Waals surface area contributed by atoms with Crippen molar-refractivity contribution in [3.63, 3.8) is 0 Å². The zero-order valence-electron chi connectivity index (χ0n) is 26.5. The third kappa shape index (κ3) is 6.34. The van der Waals surface area contributed by atoms with E-state index < -0.39 is 20.0 Å². The molecule has 3 aromatic rings. The zero-order valence-corrected chi connectivity index (χ0v) is 27.5. The minimum atomic E-state index is -1.99. The minimum Gasteiger partial charge on any atom is -0.416 e. The fourth-order valence-electron chi connectivity index (χ4n) is 5.03. The summed E-state index contributed by atoms with van der Waals surface area (Å²) in [5.41, 5.74) is 4.58. The summed E-state index contributed by atoms with van der Waals surface area (Å²) in [5, 5.41) is 19.4. The number of aromatic nitrogens is 2. The first-order valence-electron chi connectivity index (χ1n) is 14.9. The number of halogens is 1. The highest BCUT2D eigenvalue weighted by Crippen LogP contribution is 2.44. The van der Waals surface area contributed by atoms with Gasteiger partial charge in [0.1, 0.15) is 11.9 Å². The average molecular weight is 617 g/mol. The number of rotatable bonds is 9. The standard InChI is InChI=1S/C33H41FN6O3Si/c1-20-10-24(30(41)37-15-21-16-42-17-21)26(34)13-28(20)40-31-36-9-8-27(39-31)22-11-23(14-35)29-25(12-22)33(5,18-38-29)19-43-44(6,7)32(2,3)4/h8-13,21,38H,15-19H2,1-7H3,(H,37,41)(H,36,39,40)/t33-/m1/s1. The van der Waals surface area contributed by atoms with Crippen LogP contribution in [0.1, 0.15) is 54.7 Å². The van der Waals surface area contributed by atoms with Crippen molar-refractivity contribution in [2.75, 3.05) is 43.5 Å². The van der Waals surface area contributed by atoms with E-state index in [0.29, 0.717) is 55.4 Å². The summed E-state index contributed by atoms with van der Waals surface area (Å²) in [7, 11) is -1.99. The van der Waals surface area contributed by atoms with E-state index in [1.165, 1.54) is 12.1 Å². The van der Waals surface area contributed by atoms with Crippen molar-refractivity contribution in [2.45, 2.75) is 58.2 Å². The van der Waals surface area contributed by atoms with Crippen LogP contribution in [0.15, 0.2) is 36.5 Å². The SMILES string of the molecule is Cc1cc(C(=O)NCC2COC2)c(F)cc1Nc1nccc(-c2cc(C#N)c3c(c2)[C@@](C)(CO[Si](C)(C)C(C)(C)C)CN3)n1. The highest BCUT2D eigenvalue weighted by Gasteiger charge is 2.42. The lowest BCUT2D eigenvalue weighted by Gasteiger charge is -2.39. The molecule has 0 saturated carbocycles. The molecule has 3 heterocycles. The lowest BCUT2D eigenvalue weighted by Crippen LogP contribution is -2.45. The first kappa shape index (κ1) is 31.6. The van der Waals surface area contributed by atoms with Crippen molar-refractivity contribution in [3.8, 4) is 17.3 Å². The molecule has 232 valence electrons. The van der Waals surface area contributed by atoms with E-state index in [-0.39, 0.29) is 27.9 Å². The molecule has 0 aliphatic carbocycles. The first-order chi connectivity index (χ1) is 20.7. The smallest absolute Gasteiger partial charge is 0.254 e. The number of anilines is 3. The number of carbonyl (C=O) groups excluding carboxylic acids is 1. The molecule has 3 N–H and O–H groups in total. The third-order valence-corrected chi connectivity index (χ3v) is 13.6. The molecular weight excluding hydrogens is 575 g/mol.